The summed E-state index contributed by atoms with van der Waals surface area (Å²) in [5.41, 5.74) is -1.10. The van der Waals surface area contributed by atoms with E-state index in [2.05, 4.69) is 34.0 Å². The maximum atomic E-state index is 14.4. The van der Waals surface area contributed by atoms with E-state index in [0.29, 0.717) is 65.1 Å². The van der Waals surface area contributed by atoms with Crippen LogP contribution in [0.1, 0.15) is 38.5 Å². The average Bonchev–Trinajstić information content (AvgIpc) is 3.54. The first-order valence-electron chi connectivity index (χ1n) is 14.6. The van der Waals surface area contributed by atoms with Gasteiger partial charge in [0, 0.05) is 50.7 Å². The predicted octanol–water partition coefficient (Wildman–Crippen LogP) is 1.75. The Morgan fingerprint density at radius 2 is 1.90 bits per heavy atom. The number of carbonyl (C=O) groups excluding carboxylic acids is 3. The third kappa shape index (κ3) is 6.33. The van der Waals surface area contributed by atoms with Gasteiger partial charge in [0.25, 0.3) is 0 Å². The summed E-state index contributed by atoms with van der Waals surface area (Å²) < 4.78 is 17.6. The third-order valence-corrected chi connectivity index (χ3v) is 9.46. The van der Waals surface area contributed by atoms with Crippen molar-refractivity contribution in [3.05, 3.63) is 25.3 Å². The summed E-state index contributed by atoms with van der Waals surface area (Å²) in [7, 11) is 0. The highest BCUT2D eigenvalue weighted by atomic mass is 79.9. The molecular weight excluding hydrogens is 582 g/mol. The van der Waals surface area contributed by atoms with Gasteiger partial charge in [-0.3, -0.25) is 19.3 Å². The monoisotopic (exact) mass is 625 g/mol. The van der Waals surface area contributed by atoms with Gasteiger partial charge in [0.1, 0.15) is 11.6 Å². The van der Waals surface area contributed by atoms with Gasteiger partial charge < -0.3 is 29.1 Å². The number of amides is 2. The molecule has 1 N–H and O–H groups in total. The van der Waals surface area contributed by atoms with Crippen LogP contribution in [-0.2, 0) is 28.6 Å². The molecule has 4 heterocycles. The molecule has 4 aliphatic rings. The molecule has 0 aromatic rings. The second kappa shape index (κ2) is 14.4. The summed E-state index contributed by atoms with van der Waals surface area (Å²) in [5.74, 6) is -2.37. The normalized spacial score (nSPS) is 31.3. The van der Waals surface area contributed by atoms with E-state index in [4.69, 9.17) is 19.3 Å². The van der Waals surface area contributed by atoms with Crippen molar-refractivity contribution < 1.29 is 33.7 Å². The van der Waals surface area contributed by atoms with Crippen molar-refractivity contribution in [2.45, 2.75) is 61.1 Å². The Morgan fingerprint density at radius 3 is 2.60 bits per heavy atom. The van der Waals surface area contributed by atoms with Crippen molar-refractivity contribution in [1.82, 2.24) is 14.7 Å². The molecular formula is C29H44BrN3O7. The molecule has 4 fully saturated rings. The van der Waals surface area contributed by atoms with Crippen molar-refractivity contribution in [3.8, 4) is 0 Å². The smallest absolute Gasteiger partial charge is 0.312 e. The summed E-state index contributed by atoms with van der Waals surface area (Å²) in [6.07, 6.45) is 6.91. The zero-order chi connectivity index (χ0) is 28.7. The first kappa shape index (κ1) is 31.2. The lowest BCUT2D eigenvalue weighted by atomic mass is 9.70. The Morgan fingerprint density at radius 1 is 1.15 bits per heavy atom. The number of esters is 1. The van der Waals surface area contributed by atoms with Gasteiger partial charge >= 0.3 is 5.97 Å². The zero-order valence-corrected chi connectivity index (χ0v) is 25.0. The minimum absolute atomic E-state index is 0.131. The average molecular weight is 627 g/mol. The number of ether oxygens (including phenoxy) is 3. The zero-order valence-electron chi connectivity index (χ0n) is 23.4. The molecule has 40 heavy (non-hydrogen) atoms. The Bertz CT molecular complexity index is 929. The fourth-order valence-electron chi connectivity index (χ4n) is 6.71. The Kier molecular flexibility index (Phi) is 11.2. The Balaban J connectivity index is 1.60. The SMILES string of the molecule is C=CCCOC(=O)[C@H]1[C@H]2C(=O)N(CCCCCCO)C(C(=O)N(CC=C)CCN3CCOCC3)C23CC(Br)[C@@H]1O3. The minimum Gasteiger partial charge on any atom is -0.465 e. The lowest BCUT2D eigenvalue weighted by Crippen LogP contribution is -2.57. The van der Waals surface area contributed by atoms with Crippen LogP contribution in [-0.4, -0.2) is 126 Å². The topological polar surface area (TPSA) is 109 Å². The summed E-state index contributed by atoms with van der Waals surface area (Å²) in [6, 6.07) is -0.830. The number of nitrogens with zero attached hydrogens (tertiary/aromatic N) is 3. The highest BCUT2D eigenvalue weighted by molar-refractivity contribution is 9.09. The van der Waals surface area contributed by atoms with Gasteiger partial charge in [0.15, 0.2) is 0 Å². The molecule has 6 atom stereocenters. The first-order chi connectivity index (χ1) is 19.4. The molecule has 2 amide bonds. The number of aliphatic hydroxyl groups is 1. The van der Waals surface area contributed by atoms with E-state index in [1.807, 2.05) is 0 Å². The highest BCUT2D eigenvalue weighted by Gasteiger charge is 2.77. The third-order valence-electron chi connectivity index (χ3n) is 8.62. The molecule has 11 heteroatoms. The van der Waals surface area contributed by atoms with Gasteiger partial charge in [0.05, 0.1) is 37.8 Å². The number of hydrogen-bond donors (Lipinski definition) is 1. The van der Waals surface area contributed by atoms with E-state index in [1.54, 1.807) is 22.0 Å². The summed E-state index contributed by atoms with van der Waals surface area (Å²) in [6.45, 7) is 12.8. The van der Waals surface area contributed by atoms with Gasteiger partial charge in [-0.05, 0) is 25.7 Å². The molecule has 10 nitrogen and oxygen atoms in total. The second-order valence-corrected chi connectivity index (χ2v) is 12.3. The number of likely N-dealkylation sites (tertiary alicyclic amines) is 1. The van der Waals surface area contributed by atoms with Gasteiger partial charge in [-0.1, -0.05) is 40.9 Å². The molecule has 3 unspecified atom stereocenters. The van der Waals surface area contributed by atoms with Crippen LogP contribution in [0.5, 0.6) is 0 Å². The summed E-state index contributed by atoms with van der Waals surface area (Å²) in [4.78, 5) is 47.3. The van der Waals surface area contributed by atoms with Crippen LogP contribution in [0.25, 0.3) is 0 Å². The molecule has 2 bridgehead atoms. The predicted molar refractivity (Wildman–Crippen MR) is 153 cm³/mol. The van der Waals surface area contributed by atoms with Crippen LogP contribution < -0.4 is 0 Å². The molecule has 0 aliphatic carbocycles. The number of fused-ring (bicyclic) bond motifs is 1. The van der Waals surface area contributed by atoms with Crippen molar-refractivity contribution >= 4 is 33.7 Å². The van der Waals surface area contributed by atoms with Crippen LogP contribution >= 0.6 is 15.9 Å². The molecule has 0 aromatic carbocycles. The van der Waals surface area contributed by atoms with E-state index >= 15 is 0 Å². The number of morpholine rings is 1. The molecule has 4 aliphatic heterocycles. The van der Waals surface area contributed by atoms with E-state index in [0.717, 1.165) is 25.9 Å². The van der Waals surface area contributed by atoms with E-state index in [1.165, 1.54) is 0 Å². The van der Waals surface area contributed by atoms with E-state index in [-0.39, 0.29) is 29.9 Å². The minimum atomic E-state index is -1.10. The van der Waals surface area contributed by atoms with Crippen LogP contribution in [0.2, 0.25) is 0 Å². The Hall–Kier alpha value is -1.79. The van der Waals surface area contributed by atoms with Gasteiger partial charge in [-0.15, -0.1) is 13.2 Å². The van der Waals surface area contributed by atoms with Crippen molar-refractivity contribution in [2.24, 2.45) is 11.8 Å². The van der Waals surface area contributed by atoms with Crippen LogP contribution in [0.4, 0.5) is 0 Å². The number of unbranched alkanes of at least 4 members (excludes halogenated alkanes) is 3. The van der Waals surface area contributed by atoms with E-state index < -0.39 is 35.6 Å². The molecule has 1 spiro atoms. The quantitative estimate of drug-likeness (QED) is 0.120. The number of rotatable bonds is 16. The lowest BCUT2D eigenvalue weighted by molar-refractivity contribution is -0.155. The van der Waals surface area contributed by atoms with Crippen molar-refractivity contribution in [3.63, 3.8) is 0 Å². The van der Waals surface area contributed by atoms with Crippen molar-refractivity contribution in [2.75, 3.05) is 65.7 Å². The number of carbonyl (C=O) groups is 3. The van der Waals surface area contributed by atoms with Crippen LogP contribution in [0.3, 0.4) is 0 Å². The first-order valence-corrected chi connectivity index (χ1v) is 15.5. The van der Waals surface area contributed by atoms with Crippen LogP contribution in [0.15, 0.2) is 25.3 Å². The molecule has 224 valence electrons. The maximum Gasteiger partial charge on any atom is 0.312 e. The standard InChI is InChI=1S/C29H44BrN3O7/c1-3-5-17-39-28(37)22-23-26(35)33(11-8-6-7-9-16-34)25(29(23)20-21(30)24(22)40-29)27(36)32(10-4-2)13-12-31-14-18-38-19-15-31/h3-4,21-25,34H,1-2,5-20H2/t21?,22-,23-,24-,25?,29?/m0/s1. The molecule has 4 saturated heterocycles. The number of aliphatic hydroxyl groups excluding tert-OH is 1. The molecule has 0 aromatic heterocycles. The Labute approximate surface area is 245 Å². The van der Waals surface area contributed by atoms with Crippen molar-refractivity contribution in [1.29, 1.82) is 0 Å². The fourth-order valence-corrected chi connectivity index (χ4v) is 7.66. The number of hydrogen-bond acceptors (Lipinski definition) is 8. The van der Waals surface area contributed by atoms with Gasteiger partial charge in [-0.2, -0.15) is 0 Å². The maximum absolute atomic E-state index is 14.4. The van der Waals surface area contributed by atoms with Crippen LogP contribution in [0, 0.1) is 11.8 Å². The fraction of sp³-hybridized carbons (Fsp3) is 0.759. The molecule has 0 saturated carbocycles. The second-order valence-electron chi connectivity index (χ2n) is 11.1. The summed E-state index contributed by atoms with van der Waals surface area (Å²) in [5, 5.41) is 9.15. The lowest BCUT2D eigenvalue weighted by Gasteiger charge is -2.38. The largest absolute Gasteiger partial charge is 0.465 e. The number of alkyl halides is 1. The van der Waals surface area contributed by atoms with E-state index in [9.17, 15) is 14.4 Å². The van der Waals surface area contributed by atoms with Gasteiger partial charge in [-0.25, -0.2) is 0 Å². The summed E-state index contributed by atoms with van der Waals surface area (Å²) >= 11 is 3.70. The highest BCUT2D eigenvalue weighted by Crippen LogP contribution is 2.60. The number of halogens is 1. The van der Waals surface area contributed by atoms with Gasteiger partial charge in [0.2, 0.25) is 11.8 Å². The molecule has 0 radical (unpaired) electrons. The molecule has 4 rings (SSSR count).